The summed E-state index contributed by atoms with van der Waals surface area (Å²) in [7, 11) is 0. The van der Waals surface area contributed by atoms with Crippen molar-refractivity contribution in [2.24, 2.45) is 5.92 Å². The van der Waals surface area contributed by atoms with Crippen LogP contribution in [0.1, 0.15) is 53.4 Å². The van der Waals surface area contributed by atoms with Gasteiger partial charge in [0.25, 0.3) is 0 Å². The predicted octanol–water partition coefficient (Wildman–Crippen LogP) is 2.43. The van der Waals surface area contributed by atoms with Gasteiger partial charge >= 0.3 is 5.97 Å². The minimum Gasteiger partial charge on any atom is -0.465 e. The zero-order valence-corrected chi connectivity index (χ0v) is 13.7. The van der Waals surface area contributed by atoms with Gasteiger partial charge in [0, 0.05) is 13.1 Å². The Morgan fingerprint density at radius 1 is 1.35 bits per heavy atom. The first kappa shape index (κ1) is 17.4. The minimum atomic E-state index is -0.558. The topological polar surface area (TPSA) is 41.6 Å². The van der Waals surface area contributed by atoms with E-state index in [-0.39, 0.29) is 5.97 Å². The molecule has 1 rings (SSSR count). The lowest BCUT2D eigenvalue weighted by Crippen LogP contribution is -2.52. The number of esters is 1. The highest BCUT2D eigenvalue weighted by molar-refractivity contribution is 5.80. The van der Waals surface area contributed by atoms with Gasteiger partial charge in [-0.1, -0.05) is 20.3 Å². The Balaban J connectivity index is 2.48. The summed E-state index contributed by atoms with van der Waals surface area (Å²) in [4.78, 5) is 14.6. The average Bonchev–Trinajstić information content (AvgIpc) is 2.37. The van der Waals surface area contributed by atoms with Crippen LogP contribution in [0.5, 0.6) is 0 Å². The van der Waals surface area contributed by atoms with Crippen LogP contribution in [0.15, 0.2) is 0 Å². The van der Waals surface area contributed by atoms with Gasteiger partial charge in [0.05, 0.1) is 6.61 Å². The maximum Gasteiger partial charge on any atom is 0.326 e. The lowest BCUT2D eigenvalue weighted by atomic mass is 9.85. The minimum absolute atomic E-state index is 0.124. The van der Waals surface area contributed by atoms with Gasteiger partial charge in [-0.3, -0.25) is 4.79 Å². The van der Waals surface area contributed by atoms with Crippen LogP contribution in [0.2, 0.25) is 0 Å². The van der Waals surface area contributed by atoms with Crippen molar-refractivity contribution in [1.29, 1.82) is 0 Å². The first-order valence-electron chi connectivity index (χ1n) is 8.20. The number of nitrogens with one attached hydrogen (secondary N) is 1. The molecule has 0 amide bonds. The molecule has 0 bridgehead atoms. The number of hydrogen-bond acceptors (Lipinski definition) is 4. The summed E-state index contributed by atoms with van der Waals surface area (Å²) in [5, 5.41) is 3.30. The van der Waals surface area contributed by atoms with E-state index in [1.807, 2.05) is 20.8 Å². The quantitative estimate of drug-likeness (QED) is 0.626. The Kier molecular flexibility index (Phi) is 7.52. The summed E-state index contributed by atoms with van der Waals surface area (Å²) >= 11 is 0. The van der Waals surface area contributed by atoms with Crippen molar-refractivity contribution in [3.8, 4) is 0 Å². The molecule has 1 atom stereocenters. The van der Waals surface area contributed by atoms with Gasteiger partial charge in [0.15, 0.2) is 0 Å². The highest BCUT2D eigenvalue weighted by Crippen LogP contribution is 2.27. The standard InChI is InChI=1S/C16H32N2O2/c1-5-17-16(4,15(19)20-7-3)11-12-18(6-2)13-14-9-8-10-14/h14,17H,5-13H2,1-4H3. The van der Waals surface area contributed by atoms with Crippen molar-refractivity contribution in [2.75, 3.05) is 32.8 Å². The van der Waals surface area contributed by atoms with E-state index in [1.54, 1.807) is 0 Å². The van der Waals surface area contributed by atoms with Gasteiger partial charge in [-0.2, -0.15) is 0 Å². The predicted molar refractivity (Wildman–Crippen MR) is 82.8 cm³/mol. The molecule has 1 N–H and O–H groups in total. The number of ether oxygens (including phenoxy) is 1. The zero-order chi connectivity index (χ0) is 15.0. The second-order valence-corrected chi connectivity index (χ2v) is 6.02. The van der Waals surface area contributed by atoms with Gasteiger partial charge in [0.2, 0.25) is 0 Å². The number of rotatable bonds is 10. The van der Waals surface area contributed by atoms with E-state index in [0.717, 1.165) is 32.0 Å². The monoisotopic (exact) mass is 284 g/mol. The summed E-state index contributed by atoms with van der Waals surface area (Å²) in [5.41, 5.74) is -0.558. The van der Waals surface area contributed by atoms with Crippen LogP contribution >= 0.6 is 0 Å². The SMILES string of the molecule is CCNC(C)(CCN(CC)CC1CCC1)C(=O)OCC. The van der Waals surface area contributed by atoms with Crippen LogP contribution in [0.4, 0.5) is 0 Å². The summed E-state index contributed by atoms with van der Waals surface area (Å²) in [6.07, 6.45) is 4.94. The summed E-state index contributed by atoms with van der Waals surface area (Å²) in [5.74, 6) is 0.754. The first-order chi connectivity index (χ1) is 9.55. The summed E-state index contributed by atoms with van der Waals surface area (Å²) in [6, 6.07) is 0. The molecule has 118 valence electrons. The number of carbonyl (C=O) groups excluding carboxylic acids is 1. The second-order valence-electron chi connectivity index (χ2n) is 6.02. The summed E-state index contributed by atoms with van der Waals surface area (Å²) < 4.78 is 5.22. The molecule has 0 aromatic carbocycles. The van der Waals surface area contributed by atoms with E-state index in [4.69, 9.17) is 4.74 Å². The molecular formula is C16H32N2O2. The van der Waals surface area contributed by atoms with Crippen molar-refractivity contribution >= 4 is 5.97 Å². The molecule has 0 aromatic heterocycles. The largest absolute Gasteiger partial charge is 0.465 e. The molecule has 4 heteroatoms. The Bertz CT molecular complexity index is 292. The molecule has 0 heterocycles. The van der Waals surface area contributed by atoms with E-state index in [0.29, 0.717) is 6.61 Å². The second kappa shape index (κ2) is 8.63. The third-order valence-corrected chi connectivity index (χ3v) is 4.41. The van der Waals surface area contributed by atoms with Crippen molar-refractivity contribution in [1.82, 2.24) is 10.2 Å². The Labute approximate surface area is 124 Å². The molecular weight excluding hydrogens is 252 g/mol. The van der Waals surface area contributed by atoms with Crippen LogP contribution < -0.4 is 5.32 Å². The van der Waals surface area contributed by atoms with E-state index in [1.165, 1.54) is 25.8 Å². The molecule has 0 radical (unpaired) electrons. The maximum atomic E-state index is 12.1. The molecule has 0 spiro atoms. The number of carbonyl (C=O) groups is 1. The molecule has 1 unspecified atom stereocenters. The van der Waals surface area contributed by atoms with Crippen LogP contribution in [0.25, 0.3) is 0 Å². The highest BCUT2D eigenvalue weighted by atomic mass is 16.5. The fraction of sp³-hybridized carbons (Fsp3) is 0.938. The number of likely N-dealkylation sites (N-methyl/N-ethyl adjacent to an activating group) is 1. The van der Waals surface area contributed by atoms with Gasteiger partial charge in [-0.05, 0) is 52.1 Å². The number of hydrogen-bond donors (Lipinski definition) is 1. The highest BCUT2D eigenvalue weighted by Gasteiger charge is 2.34. The van der Waals surface area contributed by atoms with Crippen LogP contribution in [-0.4, -0.2) is 49.2 Å². The molecule has 1 saturated carbocycles. The van der Waals surface area contributed by atoms with Gasteiger partial charge in [0.1, 0.15) is 5.54 Å². The zero-order valence-electron chi connectivity index (χ0n) is 13.7. The normalized spacial score (nSPS) is 18.6. The van der Waals surface area contributed by atoms with Crippen molar-refractivity contribution in [2.45, 2.75) is 58.9 Å². The third kappa shape index (κ3) is 5.06. The number of nitrogens with zero attached hydrogens (tertiary/aromatic N) is 1. The molecule has 0 saturated heterocycles. The van der Waals surface area contributed by atoms with Crippen molar-refractivity contribution in [3.63, 3.8) is 0 Å². The van der Waals surface area contributed by atoms with Crippen molar-refractivity contribution < 1.29 is 9.53 Å². The fourth-order valence-electron chi connectivity index (χ4n) is 2.74. The molecule has 1 aliphatic carbocycles. The van der Waals surface area contributed by atoms with Crippen LogP contribution in [0.3, 0.4) is 0 Å². The Morgan fingerprint density at radius 2 is 2.05 bits per heavy atom. The van der Waals surface area contributed by atoms with Gasteiger partial charge < -0.3 is 15.0 Å². The van der Waals surface area contributed by atoms with Crippen LogP contribution in [-0.2, 0) is 9.53 Å². The maximum absolute atomic E-state index is 12.1. The lowest BCUT2D eigenvalue weighted by Gasteiger charge is -2.34. The molecule has 1 aliphatic rings. The first-order valence-corrected chi connectivity index (χ1v) is 8.20. The van der Waals surface area contributed by atoms with Crippen molar-refractivity contribution in [3.05, 3.63) is 0 Å². The van der Waals surface area contributed by atoms with Gasteiger partial charge in [-0.15, -0.1) is 0 Å². The van der Waals surface area contributed by atoms with E-state index in [9.17, 15) is 4.79 Å². The van der Waals surface area contributed by atoms with Crippen LogP contribution in [0, 0.1) is 5.92 Å². The fourth-order valence-corrected chi connectivity index (χ4v) is 2.74. The van der Waals surface area contributed by atoms with E-state index < -0.39 is 5.54 Å². The third-order valence-electron chi connectivity index (χ3n) is 4.41. The van der Waals surface area contributed by atoms with Gasteiger partial charge in [-0.25, -0.2) is 0 Å². The smallest absolute Gasteiger partial charge is 0.326 e. The molecule has 4 nitrogen and oxygen atoms in total. The molecule has 0 aliphatic heterocycles. The lowest BCUT2D eigenvalue weighted by molar-refractivity contribution is -0.151. The summed E-state index contributed by atoms with van der Waals surface area (Å²) in [6.45, 7) is 12.5. The Hall–Kier alpha value is -0.610. The molecule has 1 fully saturated rings. The molecule has 20 heavy (non-hydrogen) atoms. The average molecular weight is 284 g/mol. The Morgan fingerprint density at radius 3 is 2.50 bits per heavy atom. The van der Waals surface area contributed by atoms with E-state index in [2.05, 4.69) is 17.1 Å². The molecule has 0 aromatic rings. The van der Waals surface area contributed by atoms with E-state index >= 15 is 0 Å².